The van der Waals surface area contributed by atoms with Crippen LogP contribution < -0.4 is 10.1 Å². The Morgan fingerprint density at radius 2 is 1.54 bits per heavy atom. The third-order valence-electron chi connectivity index (χ3n) is 3.57. The molecule has 1 aromatic rings. The van der Waals surface area contributed by atoms with Crippen molar-refractivity contribution >= 4 is 32.3 Å². The molecule has 0 radical (unpaired) electrons. The normalized spacial score (nSPS) is 12.1. The highest BCUT2D eigenvalue weighted by atomic mass is 31.1. The van der Waals surface area contributed by atoms with Gasteiger partial charge in [0, 0.05) is 12.6 Å². The number of anilines is 1. The molecule has 0 aromatic heterocycles. The van der Waals surface area contributed by atoms with Crippen molar-refractivity contribution in [3.63, 3.8) is 0 Å². The van der Waals surface area contributed by atoms with E-state index in [9.17, 15) is 14.4 Å². The Bertz CT molecular complexity index is 654. The first-order valence-electron chi connectivity index (χ1n) is 8.12. The van der Waals surface area contributed by atoms with E-state index in [0.29, 0.717) is 11.4 Å². The molecule has 0 saturated heterocycles. The predicted octanol–water partition coefficient (Wildman–Crippen LogP) is 3.69. The number of hydrogen-bond acceptors (Lipinski definition) is 6. The zero-order valence-electron chi connectivity index (χ0n) is 16.0. The number of ether oxygens (including phenoxy) is 1. The fraction of sp³-hybridized carbons (Fsp3) is 0.500. The predicted molar refractivity (Wildman–Crippen MR) is 100.0 cm³/mol. The molecule has 0 saturated carbocycles. The molecule has 1 unspecified atom stereocenters. The maximum absolute atomic E-state index is 12.5. The molecule has 26 heavy (non-hydrogen) atoms. The highest BCUT2D eigenvalue weighted by molar-refractivity contribution is 7.31. The number of esters is 1. The van der Waals surface area contributed by atoms with Crippen molar-refractivity contribution in [3.05, 3.63) is 24.3 Å². The second kappa shape index (κ2) is 9.10. The van der Waals surface area contributed by atoms with Crippen molar-refractivity contribution in [1.82, 2.24) is 0 Å². The molecular weight excluding hydrogens is 357 g/mol. The number of benzene rings is 1. The monoisotopic (exact) mass is 383 g/mol. The second-order valence-corrected chi connectivity index (χ2v) is 7.77. The van der Waals surface area contributed by atoms with Gasteiger partial charge in [-0.15, -0.1) is 0 Å². The molecule has 1 N–H and O–H groups in total. The highest BCUT2D eigenvalue weighted by Gasteiger charge is 2.41. The summed E-state index contributed by atoms with van der Waals surface area (Å²) in [6.07, 6.45) is 0.220. The van der Waals surface area contributed by atoms with Crippen LogP contribution in [0.5, 0.6) is 5.75 Å². The lowest BCUT2D eigenvalue weighted by atomic mass is 9.75. The highest BCUT2D eigenvalue weighted by Crippen LogP contribution is 2.36. The molecule has 8 heteroatoms. The van der Waals surface area contributed by atoms with Gasteiger partial charge in [0.25, 0.3) is 0 Å². The maximum Gasteiger partial charge on any atom is 0.348 e. The van der Waals surface area contributed by atoms with E-state index in [2.05, 4.69) is 5.32 Å². The Labute approximate surface area is 155 Å². The maximum atomic E-state index is 12.5. The molecule has 0 heterocycles. The largest absolute Gasteiger partial charge is 0.426 e. The van der Waals surface area contributed by atoms with Gasteiger partial charge in [-0.3, -0.25) is 14.5 Å². The summed E-state index contributed by atoms with van der Waals surface area (Å²) >= 11 is 0. The lowest BCUT2D eigenvalue weighted by molar-refractivity contribution is -0.220. The van der Waals surface area contributed by atoms with Crippen LogP contribution in [0.15, 0.2) is 24.3 Å². The van der Waals surface area contributed by atoms with E-state index in [4.69, 9.17) is 14.3 Å². The average molecular weight is 383 g/mol. The van der Waals surface area contributed by atoms with Gasteiger partial charge in [-0.2, -0.15) is 4.67 Å². The quantitative estimate of drug-likeness (QED) is 0.242. The Hall–Kier alpha value is -1.98. The van der Waals surface area contributed by atoms with Crippen molar-refractivity contribution in [2.75, 3.05) is 12.0 Å². The van der Waals surface area contributed by atoms with Gasteiger partial charge in [-0.25, -0.2) is 4.79 Å². The molecule has 0 aliphatic rings. The Morgan fingerprint density at radius 1 is 1.00 bits per heavy atom. The van der Waals surface area contributed by atoms with Gasteiger partial charge >= 0.3 is 11.9 Å². The van der Waals surface area contributed by atoms with Gasteiger partial charge in [0.15, 0.2) is 0 Å². The zero-order valence-corrected chi connectivity index (χ0v) is 17.0. The molecule has 0 aliphatic carbocycles. The van der Waals surface area contributed by atoms with E-state index in [1.54, 1.807) is 58.6 Å². The molecule has 1 atom stereocenters. The van der Waals surface area contributed by atoms with E-state index in [0.717, 1.165) is 0 Å². The van der Waals surface area contributed by atoms with Gasteiger partial charge in [-0.05, 0) is 65.0 Å². The van der Waals surface area contributed by atoms with Gasteiger partial charge in [0.2, 0.25) is 5.91 Å². The van der Waals surface area contributed by atoms with E-state index in [1.807, 2.05) is 0 Å². The SMILES string of the molecule is CPOOC(=O)C(C)(C)CC(C)(C)C(=O)Oc1ccc(NC(C)=O)cc1. The van der Waals surface area contributed by atoms with Crippen LogP contribution in [0.4, 0.5) is 5.69 Å². The van der Waals surface area contributed by atoms with Crippen molar-refractivity contribution < 1.29 is 28.7 Å². The van der Waals surface area contributed by atoms with Crippen LogP contribution in [0.25, 0.3) is 0 Å². The first-order valence-corrected chi connectivity index (χ1v) is 9.53. The average Bonchev–Trinajstić information content (AvgIpc) is 2.52. The lowest BCUT2D eigenvalue weighted by Gasteiger charge is -2.30. The number of amides is 1. The van der Waals surface area contributed by atoms with Crippen LogP contribution in [0.3, 0.4) is 0 Å². The van der Waals surface area contributed by atoms with E-state index < -0.39 is 22.8 Å². The van der Waals surface area contributed by atoms with Gasteiger partial charge in [0.1, 0.15) is 5.75 Å². The zero-order chi connectivity index (χ0) is 20.0. The van der Waals surface area contributed by atoms with Crippen molar-refractivity contribution in [2.24, 2.45) is 10.8 Å². The van der Waals surface area contributed by atoms with Crippen LogP contribution in [-0.2, 0) is 23.9 Å². The smallest absolute Gasteiger partial charge is 0.348 e. The first-order chi connectivity index (χ1) is 12.0. The molecule has 1 aromatic carbocycles. The molecular formula is C18H26NO6P. The van der Waals surface area contributed by atoms with Crippen LogP contribution >= 0.6 is 8.81 Å². The number of carbonyl (C=O) groups excluding carboxylic acids is 3. The summed E-state index contributed by atoms with van der Waals surface area (Å²) in [5.74, 6) is -0.832. The third kappa shape index (κ3) is 6.73. The summed E-state index contributed by atoms with van der Waals surface area (Å²) in [5, 5.41) is 2.63. The summed E-state index contributed by atoms with van der Waals surface area (Å²) in [5.41, 5.74) is -1.23. The van der Waals surface area contributed by atoms with Crippen LogP contribution in [-0.4, -0.2) is 24.5 Å². The fourth-order valence-corrected chi connectivity index (χ4v) is 2.66. The minimum absolute atomic E-state index is 0.0303. The summed E-state index contributed by atoms with van der Waals surface area (Å²) in [4.78, 5) is 40.4. The van der Waals surface area contributed by atoms with Gasteiger partial charge < -0.3 is 10.1 Å². The number of carbonyl (C=O) groups is 3. The van der Waals surface area contributed by atoms with Crippen LogP contribution in [0.1, 0.15) is 41.0 Å². The van der Waals surface area contributed by atoms with E-state index in [1.165, 1.54) is 6.92 Å². The second-order valence-electron chi connectivity index (χ2n) is 7.20. The topological polar surface area (TPSA) is 90.9 Å². The first kappa shape index (κ1) is 22.1. The van der Waals surface area contributed by atoms with E-state index in [-0.39, 0.29) is 21.1 Å². The Kier molecular flexibility index (Phi) is 7.72. The summed E-state index contributed by atoms with van der Waals surface area (Å²) in [6, 6.07) is 6.46. The lowest BCUT2D eigenvalue weighted by Crippen LogP contribution is -2.38. The molecule has 144 valence electrons. The minimum atomic E-state index is -0.923. The molecule has 0 bridgehead atoms. The molecule has 0 spiro atoms. The number of hydrogen-bond donors (Lipinski definition) is 1. The van der Waals surface area contributed by atoms with Gasteiger partial charge in [-0.1, -0.05) is 0 Å². The van der Waals surface area contributed by atoms with Gasteiger partial charge in [0.05, 0.1) is 19.6 Å². The summed E-state index contributed by atoms with van der Waals surface area (Å²) in [7, 11) is 0.0303. The third-order valence-corrected chi connectivity index (χ3v) is 3.82. The number of rotatable bonds is 8. The van der Waals surface area contributed by atoms with Crippen molar-refractivity contribution in [1.29, 1.82) is 0 Å². The van der Waals surface area contributed by atoms with E-state index >= 15 is 0 Å². The molecule has 7 nitrogen and oxygen atoms in total. The van der Waals surface area contributed by atoms with Crippen molar-refractivity contribution in [3.8, 4) is 5.75 Å². The summed E-state index contributed by atoms with van der Waals surface area (Å²) in [6.45, 7) is 9.94. The Morgan fingerprint density at radius 3 is 2.04 bits per heavy atom. The van der Waals surface area contributed by atoms with Crippen molar-refractivity contribution in [2.45, 2.75) is 41.0 Å². The molecule has 0 fully saturated rings. The summed E-state index contributed by atoms with van der Waals surface area (Å²) < 4.78 is 10.1. The minimum Gasteiger partial charge on any atom is -0.426 e. The standard InChI is InChI=1S/C18H26NO6P/c1-12(20)19-13-7-9-14(10-8-13)23-15(21)17(2,3)11-18(4,5)16(22)24-25-26-6/h7-10,26H,11H2,1-6H3,(H,19,20). The van der Waals surface area contributed by atoms with Crippen LogP contribution in [0, 0.1) is 10.8 Å². The molecule has 0 aliphatic heterocycles. The Balaban J connectivity index is 2.74. The number of nitrogens with one attached hydrogen (secondary N) is 1. The van der Waals surface area contributed by atoms with Crippen LogP contribution in [0.2, 0.25) is 0 Å². The molecule has 1 amide bonds. The molecule has 1 rings (SSSR count). The fourth-order valence-electron chi connectivity index (χ4n) is 2.50.